The average molecular weight is 214 g/mol. The van der Waals surface area contributed by atoms with E-state index in [1.807, 2.05) is 0 Å². The van der Waals surface area contributed by atoms with Gasteiger partial charge in [0, 0.05) is 18.7 Å². The molecular weight excluding hydrogens is 206 g/mol. The Morgan fingerprint density at radius 3 is 2.79 bits per heavy atom. The van der Waals surface area contributed by atoms with Crippen LogP contribution in [0.1, 0.15) is 15.9 Å². The predicted molar refractivity (Wildman–Crippen MR) is 50.6 cm³/mol. The first-order valence-electron chi connectivity index (χ1n) is 4.01. The first-order chi connectivity index (χ1) is 6.52. The van der Waals surface area contributed by atoms with Crippen molar-refractivity contribution in [3.63, 3.8) is 0 Å². The highest BCUT2D eigenvalue weighted by atomic mass is 35.5. The minimum absolute atomic E-state index is 0.171. The molecule has 0 spiro atoms. The van der Waals surface area contributed by atoms with Crippen LogP contribution < -0.4 is 0 Å². The van der Waals surface area contributed by atoms with E-state index in [2.05, 4.69) is 0 Å². The molecule has 2 N–H and O–H groups in total. The summed E-state index contributed by atoms with van der Waals surface area (Å²) in [4.78, 5) is 13.0. The Morgan fingerprint density at radius 1 is 1.50 bits per heavy atom. The largest absolute Gasteiger partial charge is 0.504 e. The standard InChI is InChI=1S/C9H8ClNO3/c1-11-3-4-7(9(11)14)5(10)2-6(12)8(4)13/h2,12-13H,3H2,1H3. The lowest BCUT2D eigenvalue weighted by atomic mass is 10.1. The first-order valence-corrected chi connectivity index (χ1v) is 4.39. The molecule has 0 saturated carbocycles. The van der Waals surface area contributed by atoms with E-state index in [4.69, 9.17) is 11.6 Å². The fourth-order valence-electron chi connectivity index (χ4n) is 1.56. The van der Waals surface area contributed by atoms with Gasteiger partial charge in [0.05, 0.1) is 17.1 Å². The Balaban J connectivity index is 2.73. The molecule has 1 aromatic rings. The van der Waals surface area contributed by atoms with Crippen molar-refractivity contribution in [3.05, 3.63) is 22.2 Å². The van der Waals surface area contributed by atoms with Gasteiger partial charge in [-0.2, -0.15) is 0 Å². The number of carbonyl (C=O) groups is 1. The minimum Gasteiger partial charge on any atom is -0.504 e. The van der Waals surface area contributed by atoms with Crippen LogP contribution in [0.2, 0.25) is 5.02 Å². The Kier molecular flexibility index (Phi) is 1.82. The van der Waals surface area contributed by atoms with Gasteiger partial charge in [0.15, 0.2) is 11.5 Å². The van der Waals surface area contributed by atoms with Gasteiger partial charge < -0.3 is 15.1 Å². The van der Waals surface area contributed by atoms with Gasteiger partial charge >= 0.3 is 0 Å². The summed E-state index contributed by atoms with van der Waals surface area (Å²) in [5.41, 5.74) is 0.673. The number of rotatable bonds is 0. The fraction of sp³-hybridized carbons (Fsp3) is 0.222. The molecule has 0 radical (unpaired) electrons. The lowest BCUT2D eigenvalue weighted by Gasteiger charge is -2.04. The lowest BCUT2D eigenvalue weighted by Crippen LogP contribution is -2.17. The number of hydrogen-bond donors (Lipinski definition) is 2. The smallest absolute Gasteiger partial charge is 0.255 e. The van der Waals surface area contributed by atoms with Crippen LogP contribution in [-0.4, -0.2) is 28.1 Å². The maximum Gasteiger partial charge on any atom is 0.255 e. The molecule has 0 aliphatic carbocycles. The van der Waals surface area contributed by atoms with Crippen LogP contribution in [0.15, 0.2) is 6.07 Å². The number of phenols is 2. The van der Waals surface area contributed by atoms with Crippen molar-refractivity contribution in [1.82, 2.24) is 4.90 Å². The number of amides is 1. The van der Waals surface area contributed by atoms with Gasteiger partial charge in [0.2, 0.25) is 0 Å². The molecule has 14 heavy (non-hydrogen) atoms. The average Bonchev–Trinajstić information content (AvgIpc) is 2.40. The monoisotopic (exact) mass is 213 g/mol. The Labute approximate surface area is 85.3 Å². The molecule has 1 aliphatic heterocycles. The van der Waals surface area contributed by atoms with Gasteiger partial charge in [-0.25, -0.2) is 0 Å². The molecule has 0 saturated heterocycles. The zero-order valence-corrected chi connectivity index (χ0v) is 8.17. The van der Waals surface area contributed by atoms with E-state index in [1.165, 1.54) is 11.0 Å². The first kappa shape index (κ1) is 9.15. The molecule has 74 valence electrons. The van der Waals surface area contributed by atoms with E-state index in [1.54, 1.807) is 7.05 Å². The van der Waals surface area contributed by atoms with E-state index < -0.39 is 0 Å². The van der Waals surface area contributed by atoms with Crippen LogP contribution in [0.3, 0.4) is 0 Å². The maximum absolute atomic E-state index is 11.5. The number of phenolic OH excluding ortho intramolecular Hbond substituents is 2. The summed E-state index contributed by atoms with van der Waals surface area (Å²) in [6.07, 6.45) is 0. The summed E-state index contributed by atoms with van der Waals surface area (Å²) in [5.74, 6) is -0.792. The molecule has 0 fully saturated rings. The Hall–Kier alpha value is -1.42. The lowest BCUT2D eigenvalue weighted by molar-refractivity contribution is 0.0816. The van der Waals surface area contributed by atoms with Gasteiger partial charge in [-0.15, -0.1) is 0 Å². The molecule has 0 unspecified atom stereocenters. The maximum atomic E-state index is 11.5. The van der Waals surface area contributed by atoms with Gasteiger partial charge in [-0.3, -0.25) is 4.79 Å². The van der Waals surface area contributed by atoms with Gasteiger partial charge in [0.1, 0.15) is 0 Å². The highest BCUT2D eigenvalue weighted by Gasteiger charge is 2.31. The summed E-state index contributed by atoms with van der Waals surface area (Å²) in [6.45, 7) is 0.272. The highest BCUT2D eigenvalue weighted by Crippen LogP contribution is 2.40. The summed E-state index contributed by atoms with van der Waals surface area (Å²) in [7, 11) is 1.61. The summed E-state index contributed by atoms with van der Waals surface area (Å²) in [5, 5.41) is 18.9. The summed E-state index contributed by atoms with van der Waals surface area (Å²) in [6, 6.07) is 1.17. The van der Waals surface area contributed by atoms with Gasteiger partial charge in [0.25, 0.3) is 5.91 Å². The quantitative estimate of drug-likeness (QED) is 0.640. The van der Waals surface area contributed by atoms with Gasteiger partial charge in [-0.05, 0) is 0 Å². The van der Waals surface area contributed by atoms with E-state index in [0.29, 0.717) is 5.56 Å². The number of nitrogens with zero attached hydrogens (tertiary/aromatic N) is 1. The third-order valence-electron chi connectivity index (χ3n) is 2.29. The van der Waals surface area contributed by atoms with Crippen molar-refractivity contribution >= 4 is 17.5 Å². The third kappa shape index (κ3) is 1.04. The van der Waals surface area contributed by atoms with Crippen LogP contribution in [0, 0.1) is 0 Å². The van der Waals surface area contributed by atoms with Crippen LogP contribution in [0.25, 0.3) is 0 Å². The fourth-order valence-corrected chi connectivity index (χ4v) is 1.86. The molecule has 1 aliphatic rings. The van der Waals surface area contributed by atoms with Crippen molar-refractivity contribution in [3.8, 4) is 11.5 Å². The molecule has 5 heteroatoms. The van der Waals surface area contributed by atoms with Crippen LogP contribution in [0.4, 0.5) is 0 Å². The third-order valence-corrected chi connectivity index (χ3v) is 2.59. The number of hydrogen-bond acceptors (Lipinski definition) is 3. The molecule has 1 heterocycles. The van der Waals surface area contributed by atoms with Crippen LogP contribution in [-0.2, 0) is 6.54 Å². The normalized spacial score (nSPS) is 14.7. The summed E-state index contributed by atoms with van der Waals surface area (Å²) < 4.78 is 0. The Morgan fingerprint density at radius 2 is 2.14 bits per heavy atom. The molecule has 4 nitrogen and oxygen atoms in total. The van der Waals surface area contributed by atoms with Crippen molar-refractivity contribution in [2.45, 2.75) is 6.54 Å². The summed E-state index contributed by atoms with van der Waals surface area (Å²) >= 11 is 5.79. The van der Waals surface area contributed by atoms with Gasteiger partial charge in [-0.1, -0.05) is 11.6 Å². The second-order valence-electron chi connectivity index (χ2n) is 3.24. The molecular formula is C9H8ClNO3. The molecule has 0 aromatic heterocycles. The predicted octanol–water partition coefficient (Wildman–Crippen LogP) is 1.34. The Bertz CT molecular complexity index is 431. The second kappa shape index (κ2) is 2.78. The SMILES string of the molecule is CN1Cc2c(O)c(O)cc(Cl)c2C1=O. The van der Waals surface area contributed by atoms with Crippen molar-refractivity contribution in [2.24, 2.45) is 0 Å². The zero-order valence-electron chi connectivity index (χ0n) is 7.41. The van der Waals surface area contributed by atoms with Crippen LogP contribution in [0.5, 0.6) is 11.5 Å². The molecule has 1 aromatic carbocycles. The number of benzene rings is 1. The number of aromatic hydroxyl groups is 2. The number of fused-ring (bicyclic) bond motifs is 1. The number of carbonyl (C=O) groups excluding carboxylic acids is 1. The molecule has 1 amide bonds. The van der Waals surface area contributed by atoms with Crippen LogP contribution >= 0.6 is 11.6 Å². The van der Waals surface area contributed by atoms with E-state index >= 15 is 0 Å². The number of halogens is 1. The zero-order chi connectivity index (χ0) is 10.5. The highest BCUT2D eigenvalue weighted by molar-refractivity contribution is 6.34. The minimum atomic E-state index is -0.295. The topological polar surface area (TPSA) is 60.8 Å². The molecule has 0 atom stereocenters. The van der Waals surface area contributed by atoms with Crippen molar-refractivity contribution < 1.29 is 15.0 Å². The molecule has 0 bridgehead atoms. The van der Waals surface area contributed by atoms with E-state index in [9.17, 15) is 15.0 Å². The molecule has 2 rings (SSSR count). The second-order valence-corrected chi connectivity index (χ2v) is 3.65. The van der Waals surface area contributed by atoms with E-state index in [0.717, 1.165) is 0 Å². The van der Waals surface area contributed by atoms with E-state index in [-0.39, 0.29) is 34.5 Å². The van der Waals surface area contributed by atoms with Crippen molar-refractivity contribution in [1.29, 1.82) is 0 Å². The van der Waals surface area contributed by atoms with Crippen molar-refractivity contribution in [2.75, 3.05) is 7.05 Å².